The number of rotatable bonds is 6. The fraction of sp³-hybridized carbons (Fsp3) is 0.115. The summed E-state index contributed by atoms with van der Waals surface area (Å²) in [6.45, 7) is 1.92. The number of hydrogen-bond acceptors (Lipinski definition) is 6. The molecule has 1 fully saturated rings. The maximum absolute atomic E-state index is 13.5. The van der Waals surface area contributed by atoms with Crippen LogP contribution in [0.1, 0.15) is 11.1 Å². The second kappa shape index (κ2) is 10.8. The first-order chi connectivity index (χ1) is 17.3. The summed E-state index contributed by atoms with van der Waals surface area (Å²) in [5.74, 6) is -0.950. The van der Waals surface area contributed by atoms with Crippen molar-refractivity contribution in [1.29, 1.82) is 5.26 Å². The Morgan fingerprint density at radius 1 is 1.17 bits per heavy atom. The molecule has 0 bridgehead atoms. The van der Waals surface area contributed by atoms with Crippen molar-refractivity contribution < 1.29 is 14.5 Å². The molecule has 3 aromatic rings. The Labute approximate surface area is 219 Å². The van der Waals surface area contributed by atoms with Crippen LogP contribution in [0.4, 0.5) is 17.1 Å². The summed E-state index contributed by atoms with van der Waals surface area (Å²) >= 11 is 4.47. The fourth-order valence-corrected chi connectivity index (χ4v) is 5.23. The molecule has 1 heterocycles. The van der Waals surface area contributed by atoms with E-state index in [0.29, 0.717) is 16.9 Å². The Bertz CT molecular complexity index is 1420. The van der Waals surface area contributed by atoms with Gasteiger partial charge in [-0.1, -0.05) is 57.5 Å². The van der Waals surface area contributed by atoms with Crippen LogP contribution in [-0.4, -0.2) is 22.0 Å². The molecular formula is C26H19BrN4O4S. The highest BCUT2D eigenvalue weighted by Gasteiger charge is 2.41. The van der Waals surface area contributed by atoms with E-state index in [2.05, 4.69) is 21.2 Å². The minimum absolute atomic E-state index is 0.0707. The molecule has 0 aromatic heterocycles. The number of halogens is 1. The van der Waals surface area contributed by atoms with E-state index >= 15 is 0 Å². The van der Waals surface area contributed by atoms with Gasteiger partial charge < -0.3 is 5.32 Å². The summed E-state index contributed by atoms with van der Waals surface area (Å²) in [7, 11) is 0. The van der Waals surface area contributed by atoms with Gasteiger partial charge in [-0.15, -0.1) is 0 Å². The van der Waals surface area contributed by atoms with Crippen LogP contribution in [0.5, 0.6) is 0 Å². The van der Waals surface area contributed by atoms with Crippen LogP contribution in [-0.2, 0) is 16.0 Å². The van der Waals surface area contributed by atoms with Crippen molar-refractivity contribution in [2.24, 2.45) is 0 Å². The van der Waals surface area contributed by atoms with E-state index in [9.17, 15) is 25.0 Å². The molecule has 180 valence electrons. The van der Waals surface area contributed by atoms with Gasteiger partial charge in [-0.25, -0.2) is 0 Å². The predicted molar refractivity (Wildman–Crippen MR) is 142 cm³/mol. The maximum atomic E-state index is 13.5. The molecule has 1 saturated heterocycles. The smallest absolute Gasteiger partial charge is 0.269 e. The lowest BCUT2D eigenvalue weighted by Crippen LogP contribution is -2.30. The molecule has 10 heteroatoms. The molecule has 4 rings (SSSR count). The predicted octanol–water partition coefficient (Wildman–Crippen LogP) is 5.73. The third kappa shape index (κ3) is 5.48. The van der Waals surface area contributed by atoms with Crippen molar-refractivity contribution in [2.45, 2.75) is 18.6 Å². The standard InChI is InChI=1S/C26H19BrN4O4S/c1-16-5-9-19(10-6-16)29-24(32)22(15-28)26-30(20-11-7-18(27)8-12-20)25(33)23(36-26)14-17-3-2-4-21(13-17)31(34)35/h2-13,23H,14H2,1H3,(H,29,32). The molecule has 1 N–H and O–H groups in total. The summed E-state index contributed by atoms with van der Waals surface area (Å²) in [6, 6.07) is 22.2. The highest BCUT2D eigenvalue weighted by atomic mass is 79.9. The number of nitro benzene ring substituents is 1. The number of carbonyl (C=O) groups excluding carboxylic acids is 2. The first kappa shape index (κ1) is 25.2. The molecule has 3 aromatic carbocycles. The van der Waals surface area contributed by atoms with E-state index in [4.69, 9.17) is 0 Å². The Morgan fingerprint density at radius 3 is 2.50 bits per heavy atom. The van der Waals surface area contributed by atoms with Crippen LogP contribution in [0.2, 0.25) is 0 Å². The van der Waals surface area contributed by atoms with Crippen molar-refractivity contribution in [3.05, 3.63) is 109 Å². The van der Waals surface area contributed by atoms with Gasteiger partial charge in [0.1, 0.15) is 16.7 Å². The number of anilines is 2. The van der Waals surface area contributed by atoms with Gasteiger partial charge >= 0.3 is 0 Å². The number of aryl methyl sites for hydroxylation is 1. The van der Waals surface area contributed by atoms with E-state index in [1.165, 1.54) is 17.0 Å². The van der Waals surface area contributed by atoms with Crippen LogP contribution in [0.15, 0.2) is 87.9 Å². The van der Waals surface area contributed by atoms with Crippen LogP contribution in [0.3, 0.4) is 0 Å². The van der Waals surface area contributed by atoms with Gasteiger partial charge in [0, 0.05) is 28.0 Å². The number of hydrogen-bond donors (Lipinski definition) is 1. The van der Waals surface area contributed by atoms with E-state index < -0.39 is 16.1 Å². The number of nitriles is 1. The van der Waals surface area contributed by atoms with Gasteiger partial charge in [-0.2, -0.15) is 5.26 Å². The second-order valence-corrected chi connectivity index (χ2v) is 10.1. The number of amides is 2. The van der Waals surface area contributed by atoms with Gasteiger partial charge in [0.2, 0.25) is 5.91 Å². The summed E-state index contributed by atoms with van der Waals surface area (Å²) in [5.41, 5.74) is 2.39. The van der Waals surface area contributed by atoms with Gasteiger partial charge in [-0.3, -0.25) is 24.6 Å². The van der Waals surface area contributed by atoms with E-state index in [1.54, 1.807) is 48.5 Å². The molecular weight excluding hydrogens is 544 g/mol. The first-order valence-corrected chi connectivity index (χ1v) is 12.5. The molecule has 0 aliphatic carbocycles. The van der Waals surface area contributed by atoms with E-state index in [-0.39, 0.29) is 28.6 Å². The van der Waals surface area contributed by atoms with Gasteiger partial charge in [0.05, 0.1) is 10.2 Å². The third-order valence-electron chi connectivity index (χ3n) is 5.44. The Morgan fingerprint density at radius 2 is 1.86 bits per heavy atom. The van der Waals surface area contributed by atoms with Crippen LogP contribution in [0, 0.1) is 28.4 Å². The van der Waals surface area contributed by atoms with E-state index in [1.807, 2.05) is 25.1 Å². The van der Waals surface area contributed by atoms with Crippen LogP contribution >= 0.6 is 27.7 Å². The lowest BCUT2D eigenvalue weighted by Gasteiger charge is -2.19. The molecule has 1 unspecified atom stereocenters. The molecule has 2 amide bonds. The molecule has 8 nitrogen and oxygen atoms in total. The SMILES string of the molecule is Cc1ccc(NC(=O)C(C#N)=C2SC(Cc3cccc([N+](=O)[O-])c3)C(=O)N2c2ccc(Br)cc2)cc1. The number of benzene rings is 3. The Hall–Kier alpha value is -3.94. The Kier molecular flexibility index (Phi) is 7.52. The van der Waals surface area contributed by atoms with Crippen LogP contribution < -0.4 is 10.2 Å². The number of nitrogens with zero attached hydrogens (tertiary/aromatic N) is 3. The van der Waals surface area contributed by atoms with Crippen molar-refractivity contribution in [2.75, 3.05) is 10.2 Å². The number of thioether (sulfide) groups is 1. The minimum atomic E-state index is -0.679. The largest absolute Gasteiger partial charge is 0.321 e. The minimum Gasteiger partial charge on any atom is -0.321 e. The van der Waals surface area contributed by atoms with Crippen molar-refractivity contribution in [3.63, 3.8) is 0 Å². The maximum Gasteiger partial charge on any atom is 0.269 e. The molecule has 1 aliphatic heterocycles. The van der Waals surface area contributed by atoms with E-state index in [0.717, 1.165) is 21.8 Å². The first-order valence-electron chi connectivity index (χ1n) is 10.8. The third-order valence-corrected chi connectivity index (χ3v) is 7.23. The Balaban J connectivity index is 1.72. The number of carbonyl (C=O) groups is 2. The summed E-state index contributed by atoms with van der Waals surface area (Å²) in [5, 5.41) is 23.4. The van der Waals surface area contributed by atoms with Gasteiger partial charge in [0.25, 0.3) is 11.6 Å². The molecule has 0 radical (unpaired) electrons. The molecule has 36 heavy (non-hydrogen) atoms. The lowest BCUT2D eigenvalue weighted by molar-refractivity contribution is -0.384. The lowest BCUT2D eigenvalue weighted by atomic mass is 10.1. The molecule has 0 saturated carbocycles. The summed E-state index contributed by atoms with van der Waals surface area (Å²) < 4.78 is 0.807. The topological polar surface area (TPSA) is 116 Å². The number of non-ortho nitro benzene ring substituents is 1. The van der Waals surface area contributed by atoms with Crippen LogP contribution in [0.25, 0.3) is 0 Å². The fourth-order valence-electron chi connectivity index (χ4n) is 3.65. The van der Waals surface area contributed by atoms with Crippen molar-refractivity contribution in [3.8, 4) is 6.07 Å². The number of nitrogens with one attached hydrogen (secondary N) is 1. The highest BCUT2D eigenvalue weighted by Crippen LogP contribution is 2.42. The zero-order valence-corrected chi connectivity index (χ0v) is 21.4. The average Bonchev–Trinajstić information content (AvgIpc) is 3.17. The monoisotopic (exact) mass is 562 g/mol. The van der Waals surface area contributed by atoms with Crippen molar-refractivity contribution in [1.82, 2.24) is 0 Å². The average molecular weight is 563 g/mol. The van der Waals surface area contributed by atoms with Crippen molar-refractivity contribution >= 4 is 56.6 Å². The molecule has 1 aliphatic rings. The number of nitro groups is 1. The normalized spacial score (nSPS) is 16.4. The second-order valence-electron chi connectivity index (χ2n) is 8.00. The van der Waals surface area contributed by atoms with Gasteiger partial charge in [0.15, 0.2) is 0 Å². The summed E-state index contributed by atoms with van der Waals surface area (Å²) in [4.78, 5) is 38.7. The molecule has 1 atom stereocenters. The summed E-state index contributed by atoms with van der Waals surface area (Å²) in [6.07, 6.45) is 0.194. The van der Waals surface area contributed by atoms with Gasteiger partial charge in [-0.05, 0) is 55.3 Å². The molecule has 0 spiro atoms. The highest BCUT2D eigenvalue weighted by molar-refractivity contribution is 9.10. The zero-order chi connectivity index (χ0) is 25.8. The quantitative estimate of drug-likeness (QED) is 0.177. The zero-order valence-electron chi connectivity index (χ0n) is 19.0.